The summed E-state index contributed by atoms with van der Waals surface area (Å²) in [6.07, 6.45) is 9.07. The van der Waals surface area contributed by atoms with E-state index in [4.69, 9.17) is 4.74 Å². The predicted octanol–water partition coefficient (Wildman–Crippen LogP) is 4.41. The third kappa shape index (κ3) is 7.01. The summed E-state index contributed by atoms with van der Waals surface area (Å²) in [6.45, 7) is 17.8. The molecule has 0 aromatic rings. The van der Waals surface area contributed by atoms with Gasteiger partial charge in [0.25, 0.3) is 0 Å². The van der Waals surface area contributed by atoms with Crippen LogP contribution in [0.15, 0.2) is 0 Å². The Hall–Kier alpha value is -0.120. The second kappa shape index (κ2) is 10.1. The molecule has 1 atom stereocenters. The highest BCUT2D eigenvalue weighted by Gasteiger charge is 2.24. The van der Waals surface area contributed by atoms with E-state index in [0.29, 0.717) is 18.2 Å². The molecule has 1 aliphatic heterocycles. The van der Waals surface area contributed by atoms with Gasteiger partial charge in [0, 0.05) is 32.2 Å². The Morgan fingerprint density at radius 1 is 0.875 bits per heavy atom. The average molecular weight is 339 g/mol. The second-order valence-corrected chi connectivity index (χ2v) is 8.93. The van der Waals surface area contributed by atoms with Crippen LogP contribution in [0.25, 0.3) is 0 Å². The fourth-order valence-corrected chi connectivity index (χ4v) is 4.48. The topological polar surface area (TPSA) is 15.7 Å². The van der Waals surface area contributed by atoms with E-state index in [2.05, 4.69) is 44.4 Å². The van der Waals surface area contributed by atoms with Crippen LogP contribution in [0.3, 0.4) is 0 Å². The van der Waals surface area contributed by atoms with Crippen LogP contribution in [0.4, 0.5) is 0 Å². The van der Waals surface area contributed by atoms with Crippen molar-refractivity contribution >= 4 is 0 Å². The van der Waals surface area contributed by atoms with Gasteiger partial charge in [0.2, 0.25) is 0 Å². The zero-order valence-electron chi connectivity index (χ0n) is 17.0. The van der Waals surface area contributed by atoms with Gasteiger partial charge in [-0.1, -0.05) is 6.92 Å². The van der Waals surface area contributed by atoms with Gasteiger partial charge < -0.3 is 9.64 Å². The van der Waals surface area contributed by atoms with Gasteiger partial charge in [-0.15, -0.1) is 0 Å². The average Bonchev–Trinajstić information content (AvgIpc) is 2.54. The third-order valence-electron chi connectivity index (χ3n) is 6.07. The molecule has 3 heteroatoms. The summed E-state index contributed by atoms with van der Waals surface area (Å²) < 4.78 is 5.99. The molecule has 1 saturated carbocycles. The van der Waals surface area contributed by atoms with Crippen molar-refractivity contribution in [1.29, 1.82) is 0 Å². The van der Waals surface area contributed by atoms with E-state index in [0.717, 1.165) is 11.8 Å². The molecule has 1 heterocycles. The number of hydrogen-bond acceptors (Lipinski definition) is 3. The van der Waals surface area contributed by atoms with Crippen LogP contribution in [0, 0.1) is 11.8 Å². The van der Waals surface area contributed by atoms with Crippen molar-refractivity contribution in [3.05, 3.63) is 0 Å². The minimum Gasteiger partial charge on any atom is -0.376 e. The lowest BCUT2D eigenvalue weighted by Gasteiger charge is -2.37. The van der Waals surface area contributed by atoms with Crippen LogP contribution >= 0.6 is 0 Å². The smallest absolute Gasteiger partial charge is 0.0578 e. The Morgan fingerprint density at radius 2 is 1.50 bits per heavy atom. The SMILES string of the molecule is CC(C)O[C@H]1CC[C@H](C[C@@H](C)CCN2CCN(C(C)C)CC2)CC1. The molecule has 142 valence electrons. The molecule has 0 unspecified atom stereocenters. The van der Waals surface area contributed by atoms with Crippen molar-refractivity contribution in [2.45, 2.75) is 91.4 Å². The van der Waals surface area contributed by atoms with Crippen molar-refractivity contribution in [2.75, 3.05) is 32.7 Å². The normalized spacial score (nSPS) is 28.6. The van der Waals surface area contributed by atoms with Gasteiger partial charge in [0.15, 0.2) is 0 Å². The highest BCUT2D eigenvalue weighted by Crippen LogP contribution is 2.32. The Balaban J connectivity index is 1.57. The Bertz CT molecular complexity index is 329. The zero-order valence-corrected chi connectivity index (χ0v) is 17.0. The first-order valence-electron chi connectivity index (χ1n) is 10.6. The van der Waals surface area contributed by atoms with Crippen molar-refractivity contribution < 1.29 is 4.74 Å². The molecule has 3 nitrogen and oxygen atoms in total. The van der Waals surface area contributed by atoms with Crippen LogP contribution < -0.4 is 0 Å². The van der Waals surface area contributed by atoms with Gasteiger partial charge in [-0.25, -0.2) is 0 Å². The summed E-state index contributed by atoms with van der Waals surface area (Å²) in [5, 5.41) is 0. The number of rotatable bonds is 8. The molecule has 2 aliphatic rings. The van der Waals surface area contributed by atoms with Crippen LogP contribution in [0.1, 0.15) is 73.1 Å². The largest absolute Gasteiger partial charge is 0.376 e. The van der Waals surface area contributed by atoms with Crippen LogP contribution in [0.2, 0.25) is 0 Å². The lowest BCUT2D eigenvalue weighted by atomic mass is 9.81. The molecule has 0 aromatic carbocycles. The number of hydrogen-bond donors (Lipinski definition) is 0. The van der Waals surface area contributed by atoms with Crippen molar-refractivity contribution in [3.63, 3.8) is 0 Å². The van der Waals surface area contributed by atoms with Gasteiger partial charge in [-0.3, -0.25) is 4.90 Å². The molecule has 0 N–H and O–H groups in total. The van der Waals surface area contributed by atoms with E-state index < -0.39 is 0 Å². The summed E-state index contributed by atoms with van der Waals surface area (Å²) >= 11 is 0. The first-order valence-corrected chi connectivity index (χ1v) is 10.6. The van der Waals surface area contributed by atoms with Crippen LogP contribution in [0.5, 0.6) is 0 Å². The molecule has 24 heavy (non-hydrogen) atoms. The maximum Gasteiger partial charge on any atom is 0.0578 e. The molecule has 0 bridgehead atoms. The van der Waals surface area contributed by atoms with Crippen molar-refractivity contribution in [1.82, 2.24) is 9.80 Å². The van der Waals surface area contributed by atoms with Gasteiger partial charge in [-0.2, -0.15) is 0 Å². The highest BCUT2D eigenvalue weighted by molar-refractivity contribution is 4.77. The van der Waals surface area contributed by atoms with Gasteiger partial charge in [0.1, 0.15) is 0 Å². The fraction of sp³-hybridized carbons (Fsp3) is 1.00. The van der Waals surface area contributed by atoms with Gasteiger partial charge in [0.05, 0.1) is 12.2 Å². The molecule has 0 spiro atoms. The van der Waals surface area contributed by atoms with E-state index in [9.17, 15) is 0 Å². The maximum absolute atomic E-state index is 5.99. The quantitative estimate of drug-likeness (QED) is 0.652. The first kappa shape index (κ1) is 20.2. The minimum atomic E-state index is 0.390. The molecule has 1 saturated heterocycles. The summed E-state index contributed by atoms with van der Waals surface area (Å²) in [6, 6.07) is 0.709. The molecule has 0 aromatic heterocycles. The second-order valence-electron chi connectivity index (χ2n) is 8.93. The molecular weight excluding hydrogens is 296 g/mol. The van der Waals surface area contributed by atoms with Gasteiger partial charge in [-0.05, 0) is 84.6 Å². The lowest BCUT2D eigenvalue weighted by Crippen LogP contribution is -2.49. The number of piperazine rings is 1. The summed E-state index contributed by atoms with van der Waals surface area (Å²) in [7, 11) is 0. The molecule has 1 aliphatic carbocycles. The summed E-state index contributed by atoms with van der Waals surface area (Å²) in [5.74, 6) is 1.82. The molecule has 2 rings (SSSR count). The first-order chi connectivity index (χ1) is 11.4. The monoisotopic (exact) mass is 338 g/mol. The van der Waals surface area contributed by atoms with E-state index in [1.807, 2.05) is 0 Å². The van der Waals surface area contributed by atoms with E-state index in [-0.39, 0.29) is 0 Å². The molecular formula is C21H42N2O. The van der Waals surface area contributed by atoms with Crippen molar-refractivity contribution in [3.8, 4) is 0 Å². The standard InChI is InChI=1S/C21H42N2O/c1-17(2)23-14-12-22(13-15-23)11-10-19(5)16-20-6-8-21(9-7-20)24-18(3)4/h17-21H,6-16H2,1-5H3/t19-,20-,21-/m0/s1. The zero-order chi connectivity index (χ0) is 17.5. The Kier molecular flexibility index (Phi) is 8.53. The van der Waals surface area contributed by atoms with E-state index in [1.54, 1.807) is 0 Å². The Morgan fingerprint density at radius 3 is 2.04 bits per heavy atom. The third-order valence-corrected chi connectivity index (χ3v) is 6.07. The highest BCUT2D eigenvalue weighted by atomic mass is 16.5. The van der Waals surface area contributed by atoms with E-state index in [1.165, 1.54) is 71.2 Å². The maximum atomic E-state index is 5.99. The van der Waals surface area contributed by atoms with Crippen molar-refractivity contribution in [2.24, 2.45) is 11.8 Å². The number of nitrogens with zero attached hydrogens (tertiary/aromatic N) is 2. The summed E-state index contributed by atoms with van der Waals surface area (Å²) in [4.78, 5) is 5.29. The lowest BCUT2D eigenvalue weighted by molar-refractivity contribution is -0.0213. The van der Waals surface area contributed by atoms with Gasteiger partial charge >= 0.3 is 0 Å². The predicted molar refractivity (Wildman–Crippen MR) is 104 cm³/mol. The molecule has 0 radical (unpaired) electrons. The minimum absolute atomic E-state index is 0.390. The number of ether oxygens (including phenoxy) is 1. The van der Waals surface area contributed by atoms with E-state index >= 15 is 0 Å². The fourth-order valence-electron chi connectivity index (χ4n) is 4.48. The van der Waals surface area contributed by atoms with Crippen LogP contribution in [-0.2, 0) is 4.74 Å². The summed E-state index contributed by atoms with van der Waals surface area (Å²) in [5.41, 5.74) is 0. The molecule has 2 fully saturated rings. The Labute approximate surface area is 151 Å². The molecule has 0 amide bonds. The van der Waals surface area contributed by atoms with Crippen LogP contribution in [-0.4, -0.2) is 60.8 Å².